The average molecular weight is 413 g/mol. The number of imidazole rings is 1. The number of allylic oxidation sites excluding steroid dienone is 1. The number of aliphatic imine (C=N–C) groups is 2. The highest BCUT2D eigenvalue weighted by molar-refractivity contribution is 5.97. The Balaban J connectivity index is 1.67. The second kappa shape index (κ2) is 7.45. The molecule has 5 aromatic rings. The maximum absolute atomic E-state index is 15.5. The lowest BCUT2D eigenvalue weighted by atomic mass is 10.0. The molecule has 0 unspecified atom stereocenters. The Kier molecular flexibility index (Phi) is 4.47. The number of fused-ring (bicyclic) bond motifs is 2. The van der Waals surface area contributed by atoms with Crippen molar-refractivity contribution in [1.82, 2.24) is 25.1 Å². The zero-order valence-electron chi connectivity index (χ0n) is 16.4. The number of hydrogen-bond acceptors (Lipinski definition) is 5. The van der Waals surface area contributed by atoms with E-state index in [-0.39, 0.29) is 0 Å². The molecule has 0 radical (unpaired) electrons. The Morgan fingerprint density at radius 3 is 2.90 bits per heavy atom. The standard InChI is InChI=1S/C22H16FN7O/c1-12(9-25-11-24-2)14-3-4-15-17(18(14)23)21(30-29-15)22-27-16-5-7-26-19(20(16)28-22)13-6-8-31-10-13/h3-11H,2H2,1H3,(H,27,28)(H,29,30)/b12-9+,25-11?. The molecule has 2 N–H and O–H groups in total. The summed E-state index contributed by atoms with van der Waals surface area (Å²) in [6, 6.07) is 7.08. The molecule has 0 aliphatic rings. The molecular formula is C22H16FN7O. The van der Waals surface area contributed by atoms with Crippen LogP contribution in [-0.2, 0) is 0 Å². The Hall–Kier alpha value is -4.40. The van der Waals surface area contributed by atoms with Gasteiger partial charge in [-0.05, 0) is 43.5 Å². The van der Waals surface area contributed by atoms with Gasteiger partial charge < -0.3 is 9.40 Å². The van der Waals surface area contributed by atoms with E-state index in [0.29, 0.717) is 44.8 Å². The molecule has 0 amide bonds. The molecule has 0 spiro atoms. The Labute approximate surface area is 175 Å². The fourth-order valence-corrected chi connectivity index (χ4v) is 3.47. The van der Waals surface area contributed by atoms with Gasteiger partial charge in [0.05, 0.1) is 28.9 Å². The van der Waals surface area contributed by atoms with E-state index in [1.807, 2.05) is 12.1 Å². The predicted octanol–water partition coefficient (Wildman–Crippen LogP) is 4.99. The second-order valence-corrected chi connectivity index (χ2v) is 6.83. The second-order valence-electron chi connectivity index (χ2n) is 6.83. The van der Waals surface area contributed by atoms with Crippen molar-refractivity contribution in [3.8, 4) is 22.8 Å². The minimum Gasteiger partial charge on any atom is -0.472 e. The van der Waals surface area contributed by atoms with E-state index in [2.05, 4.69) is 41.9 Å². The van der Waals surface area contributed by atoms with Crippen molar-refractivity contribution < 1.29 is 8.81 Å². The molecule has 152 valence electrons. The largest absolute Gasteiger partial charge is 0.472 e. The summed E-state index contributed by atoms with van der Waals surface area (Å²) in [6.45, 7) is 5.10. The molecule has 0 saturated carbocycles. The van der Waals surface area contributed by atoms with Crippen molar-refractivity contribution in [2.45, 2.75) is 6.92 Å². The predicted molar refractivity (Wildman–Crippen MR) is 118 cm³/mol. The van der Waals surface area contributed by atoms with Crippen LogP contribution >= 0.6 is 0 Å². The molecular weight excluding hydrogens is 397 g/mol. The van der Waals surface area contributed by atoms with Crippen LogP contribution in [0.3, 0.4) is 0 Å². The van der Waals surface area contributed by atoms with Crippen LogP contribution in [0.5, 0.6) is 0 Å². The van der Waals surface area contributed by atoms with Crippen molar-refractivity contribution in [2.75, 3.05) is 0 Å². The van der Waals surface area contributed by atoms with E-state index in [4.69, 9.17) is 4.42 Å². The molecule has 0 atom stereocenters. The SMILES string of the molecule is C=NC=N/C=C(\C)c1ccc2[nH]nc(-c3nc4c(-c5ccoc5)nccc4[nH]3)c2c1F. The number of hydrogen-bond donors (Lipinski definition) is 2. The first-order chi connectivity index (χ1) is 15.2. The van der Waals surface area contributed by atoms with E-state index >= 15 is 4.39 Å². The summed E-state index contributed by atoms with van der Waals surface area (Å²) >= 11 is 0. The number of benzene rings is 1. The van der Waals surface area contributed by atoms with Gasteiger partial charge in [-0.1, -0.05) is 0 Å². The number of furan rings is 1. The number of nitrogens with zero attached hydrogens (tertiary/aromatic N) is 5. The van der Waals surface area contributed by atoms with Crippen LogP contribution in [0.4, 0.5) is 4.39 Å². The Morgan fingerprint density at radius 1 is 1.19 bits per heavy atom. The van der Waals surface area contributed by atoms with Crippen molar-refractivity contribution in [3.05, 3.63) is 60.6 Å². The number of H-pyrrole nitrogens is 2. The highest BCUT2D eigenvalue weighted by Gasteiger charge is 2.20. The number of nitrogens with one attached hydrogen (secondary N) is 2. The smallest absolute Gasteiger partial charge is 0.159 e. The van der Waals surface area contributed by atoms with Gasteiger partial charge in [0.15, 0.2) is 5.82 Å². The molecule has 1 aromatic carbocycles. The summed E-state index contributed by atoms with van der Waals surface area (Å²) in [5, 5.41) is 7.54. The van der Waals surface area contributed by atoms with Gasteiger partial charge >= 0.3 is 0 Å². The molecule has 0 aliphatic carbocycles. The van der Waals surface area contributed by atoms with Gasteiger partial charge in [0.2, 0.25) is 0 Å². The van der Waals surface area contributed by atoms with Gasteiger partial charge in [-0.15, -0.1) is 0 Å². The Bertz CT molecular complexity index is 1470. The number of pyridine rings is 1. The van der Waals surface area contributed by atoms with Crippen LogP contribution in [0.2, 0.25) is 0 Å². The summed E-state index contributed by atoms with van der Waals surface area (Å²) in [4.78, 5) is 19.8. The first-order valence-electron chi connectivity index (χ1n) is 9.36. The van der Waals surface area contributed by atoms with E-state index < -0.39 is 5.82 Å². The first kappa shape index (κ1) is 18.6. The van der Waals surface area contributed by atoms with Crippen molar-refractivity contribution in [1.29, 1.82) is 0 Å². The van der Waals surface area contributed by atoms with Gasteiger partial charge in [-0.3, -0.25) is 15.1 Å². The lowest BCUT2D eigenvalue weighted by Crippen LogP contribution is -1.90. The molecule has 8 nitrogen and oxygen atoms in total. The van der Waals surface area contributed by atoms with Crippen molar-refractivity contribution in [2.24, 2.45) is 9.98 Å². The van der Waals surface area contributed by atoms with E-state index in [0.717, 1.165) is 11.1 Å². The summed E-state index contributed by atoms with van der Waals surface area (Å²) < 4.78 is 20.7. The number of rotatable bonds is 5. The van der Waals surface area contributed by atoms with Crippen LogP contribution in [0, 0.1) is 5.82 Å². The third-order valence-electron chi connectivity index (χ3n) is 4.93. The Morgan fingerprint density at radius 2 is 2.10 bits per heavy atom. The molecule has 0 fully saturated rings. The lowest BCUT2D eigenvalue weighted by Gasteiger charge is -2.04. The molecule has 0 saturated heterocycles. The van der Waals surface area contributed by atoms with E-state index in [1.54, 1.807) is 37.8 Å². The van der Waals surface area contributed by atoms with Crippen LogP contribution in [0.25, 0.3) is 50.3 Å². The third kappa shape index (κ3) is 3.12. The fraction of sp³-hybridized carbons (Fsp3) is 0.0455. The number of aromatic amines is 2. The summed E-state index contributed by atoms with van der Waals surface area (Å²) in [6.07, 6.45) is 7.69. The topological polar surface area (TPSA) is 108 Å². The molecule has 5 rings (SSSR count). The summed E-state index contributed by atoms with van der Waals surface area (Å²) in [5.41, 5.74) is 4.88. The maximum atomic E-state index is 15.5. The highest BCUT2D eigenvalue weighted by atomic mass is 19.1. The van der Waals surface area contributed by atoms with Crippen LogP contribution in [0.15, 0.2) is 63.6 Å². The normalized spacial score (nSPS) is 12.4. The van der Waals surface area contributed by atoms with Gasteiger partial charge in [0, 0.05) is 23.5 Å². The summed E-state index contributed by atoms with van der Waals surface area (Å²) in [7, 11) is 0. The lowest BCUT2D eigenvalue weighted by molar-refractivity contribution is 0.568. The van der Waals surface area contributed by atoms with Gasteiger partial charge in [-0.2, -0.15) is 5.10 Å². The molecule has 31 heavy (non-hydrogen) atoms. The zero-order valence-corrected chi connectivity index (χ0v) is 16.4. The fourth-order valence-electron chi connectivity index (χ4n) is 3.47. The van der Waals surface area contributed by atoms with Gasteiger partial charge in [0.25, 0.3) is 0 Å². The van der Waals surface area contributed by atoms with Gasteiger partial charge in [0.1, 0.15) is 29.1 Å². The maximum Gasteiger partial charge on any atom is 0.159 e. The van der Waals surface area contributed by atoms with E-state index in [1.165, 1.54) is 12.5 Å². The molecule has 0 aliphatic heterocycles. The third-order valence-corrected chi connectivity index (χ3v) is 4.93. The quantitative estimate of drug-likeness (QED) is 0.312. The van der Waals surface area contributed by atoms with Crippen LogP contribution in [0.1, 0.15) is 12.5 Å². The number of halogens is 1. The molecule has 0 bridgehead atoms. The molecule has 9 heteroatoms. The minimum absolute atomic E-state index is 0.341. The van der Waals surface area contributed by atoms with Crippen LogP contribution in [-0.4, -0.2) is 38.2 Å². The molecule has 4 aromatic heterocycles. The minimum atomic E-state index is -0.412. The highest BCUT2D eigenvalue weighted by Crippen LogP contribution is 2.33. The first-order valence-corrected chi connectivity index (χ1v) is 9.36. The van der Waals surface area contributed by atoms with E-state index in [9.17, 15) is 0 Å². The summed E-state index contributed by atoms with van der Waals surface area (Å²) in [5.74, 6) is 0.0240. The monoisotopic (exact) mass is 413 g/mol. The van der Waals surface area contributed by atoms with Crippen molar-refractivity contribution in [3.63, 3.8) is 0 Å². The zero-order chi connectivity index (χ0) is 21.4. The number of aromatic nitrogens is 5. The average Bonchev–Trinajstić information content (AvgIpc) is 3.52. The van der Waals surface area contributed by atoms with Crippen LogP contribution < -0.4 is 0 Å². The van der Waals surface area contributed by atoms with Gasteiger partial charge in [-0.25, -0.2) is 14.4 Å². The molecule has 4 heterocycles. The van der Waals surface area contributed by atoms with Crippen molar-refractivity contribution >= 4 is 40.6 Å².